The van der Waals surface area contributed by atoms with Gasteiger partial charge in [-0.1, -0.05) is 0 Å². The number of rotatable bonds is 14. The monoisotopic (exact) mass is 603 g/mol. The first-order chi connectivity index (χ1) is 19.5. The number of amides is 1. The summed E-state index contributed by atoms with van der Waals surface area (Å²) in [6, 6.07) is -3.76. The molecule has 2 aromatic heterocycles. The molecule has 2 rings (SSSR count). The average Bonchev–Trinajstić information content (AvgIpc) is 3.61. The molecule has 17 N–H and O–H groups in total. The number of aromatic amines is 2. The van der Waals surface area contributed by atoms with Crippen molar-refractivity contribution in [3.8, 4) is 0 Å². The molecule has 0 bridgehead atoms. The molecule has 236 valence electrons. The van der Waals surface area contributed by atoms with Crippen LogP contribution in [0.4, 0.5) is 0 Å². The first kappa shape index (κ1) is 39.2. The summed E-state index contributed by atoms with van der Waals surface area (Å²) in [5.41, 5.74) is 26.7. The SMILES string of the molecule is NC(=O)CC[C@H](N)C(=O)O.N[C@@H](CCC(=O)O)C(=O)O.N[C@@H](Cc1c[nH]cn1)C(=O)O.N[C@@H](Cc1c[nH]cn1)C(=O)O. The van der Waals surface area contributed by atoms with E-state index in [4.69, 9.17) is 54.2 Å². The Balaban J connectivity index is 0. The van der Waals surface area contributed by atoms with E-state index < -0.39 is 59.9 Å². The van der Waals surface area contributed by atoms with Gasteiger partial charge in [-0.2, -0.15) is 0 Å². The second-order valence-electron chi connectivity index (χ2n) is 8.25. The summed E-state index contributed by atoms with van der Waals surface area (Å²) in [6.45, 7) is 0. The molecule has 2 aromatic rings. The normalized spacial score (nSPS) is 12.7. The van der Waals surface area contributed by atoms with Crippen molar-refractivity contribution in [2.24, 2.45) is 28.7 Å². The second-order valence-corrected chi connectivity index (χ2v) is 8.25. The molecule has 0 fully saturated rings. The molecular weight excluding hydrogens is 566 g/mol. The Hall–Kier alpha value is -4.92. The van der Waals surface area contributed by atoms with Gasteiger partial charge in [0.1, 0.15) is 24.2 Å². The summed E-state index contributed by atoms with van der Waals surface area (Å²) in [5, 5.41) is 41.3. The van der Waals surface area contributed by atoms with Crippen molar-refractivity contribution in [2.75, 3.05) is 0 Å². The zero-order valence-electron chi connectivity index (χ0n) is 22.3. The van der Waals surface area contributed by atoms with E-state index in [1.807, 2.05) is 0 Å². The number of carbonyl (C=O) groups is 6. The number of nitrogens with zero attached hydrogens (tertiary/aromatic N) is 2. The van der Waals surface area contributed by atoms with E-state index >= 15 is 0 Å². The van der Waals surface area contributed by atoms with Gasteiger partial charge in [-0.05, 0) is 12.8 Å². The topological polar surface area (TPSA) is 391 Å². The predicted molar refractivity (Wildman–Crippen MR) is 142 cm³/mol. The Bertz CT molecular complexity index is 1010. The van der Waals surface area contributed by atoms with Gasteiger partial charge < -0.3 is 64.2 Å². The lowest BCUT2D eigenvalue weighted by atomic mass is 10.2. The van der Waals surface area contributed by atoms with Gasteiger partial charge in [0.05, 0.1) is 24.0 Å². The van der Waals surface area contributed by atoms with Crippen LogP contribution < -0.4 is 28.7 Å². The van der Waals surface area contributed by atoms with Gasteiger partial charge in [-0.3, -0.25) is 28.8 Å². The molecule has 0 spiro atoms. The van der Waals surface area contributed by atoms with E-state index in [2.05, 4.69) is 19.9 Å². The second kappa shape index (κ2) is 21.8. The minimum Gasteiger partial charge on any atom is -0.481 e. The molecule has 0 aromatic carbocycles. The van der Waals surface area contributed by atoms with Crippen LogP contribution in [0.15, 0.2) is 25.0 Å². The number of hydrogen-bond acceptors (Lipinski definition) is 12. The van der Waals surface area contributed by atoms with E-state index in [9.17, 15) is 28.8 Å². The summed E-state index contributed by atoms with van der Waals surface area (Å²) in [7, 11) is 0. The molecule has 0 aliphatic heterocycles. The number of aromatic nitrogens is 4. The standard InChI is InChI=1S/2C6H9N3O2.C5H10N2O3.C5H9NO4/c2*7-5(6(10)11)1-4-2-8-3-9-4;2*6-3(5(9)10)1-2-4(7)8/h2*2-3,5H,1,7H2,(H,8,9)(H,10,11);3H,1-2,6H2,(H2,7,8)(H,9,10);3H,1-2,6H2,(H,7,8)(H,9,10)/t2*5-;2*3-/m0000/s1. The maximum absolute atomic E-state index is 10.3. The third-order valence-corrected chi connectivity index (χ3v) is 4.61. The Morgan fingerprint density at radius 2 is 0.952 bits per heavy atom. The van der Waals surface area contributed by atoms with Gasteiger partial charge >= 0.3 is 29.8 Å². The molecule has 0 unspecified atom stereocenters. The number of carbonyl (C=O) groups excluding carboxylic acids is 1. The van der Waals surface area contributed by atoms with Crippen LogP contribution in [0.25, 0.3) is 0 Å². The number of H-pyrrole nitrogens is 2. The van der Waals surface area contributed by atoms with Gasteiger partial charge in [0.25, 0.3) is 0 Å². The van der Waals surface area contributed by atoms with E-state index in [1.165, 1.54) is 12.7 Å². The number of imidazole rings is 2. The molecular formula is C22H37N9O11. The van der Waals surface area contributed by atoms with E-state index in [0.29, 0.717) is 11.4 Å². The lowest BCUT2D eigenvalue weighted by Crippen LogP contribution is -2.32. The Morgan fingerprint density at radius 3 is 1.19 bits per heavy atom. The highest BCUT2D eigenvalue weighted by Gasteiger charge is 2.14. The Labute approximate surface area is 238 Å². The average molecular weight is 604 g/mol. The lowest BCUT2D eigenvalue weighted by molar-refractivity contribution is -0.141. The van der Waals surface area contributed by atoms with E-state index in [0.717, 1.165) is 0 Å². The fourth-order valence-electron chi connectivity index (χ4n) is 2.25. The molecule has 4 atom stereocenters. The first-order valence-corrected chi connectivity index (χ1v) is 11.9. The van der Waals surface area contributed by atoms with Crippen molar-refractivity contribution >= 4 is 35.8 Å². The van der Waals surface area contributed by atoms with Crippen molar-refractivity contribution < 1.29 is 54.3 Å². The van der Waals surface area contributed by atoms with Crippen LogP contribution in [0.5, 0.6) is 0 Å². The summed E-state index contributed by atoms with van der Waals surface area (Å²) >= 11 is 0. The largest absolute Gasteiger partial charge is 0.481 e. The van der Waals surface area contributed by atoms with Crippen molar-refractivity contribution in [3.05, 3.63) is 36.4 Å². The highest BCUT2D eigenvalue weighted by atomic mass is 16.4. The number of nitrogens with one attached hydrogen (secondary N) is 2. The first-order valence-electron chi connectivity index (χ1n) is 11.9. The fraction of sp³-hybridized carbons (Fsp3) is 0.455. The number of primary amides is 1. The van der Waals surface area contributed by atoms with Crippen molar-refractivity contribution in [3.63, 3.8) is 0 Å². The minimum atomic E-state index is -1.17. The van der Waals surface area contributed by atoms with Crippen LogP contribution in [-0.2, 0) is 41.6 Å². The van der Waals surface area contributed by atoms with Crippen LogP contribution in [-0.4, -0.2) is 105 Å². The number of aliphatic carboxylic acids is 5. The van der Waals surface area contributed by atoms with Gasteiger partial charge in [0.2, 0.25) is 5.91 Å². The molecule has 0 aliphatic carbocycles. The highest BCUT2D eigenvalue weighted by Crippen LogP contribution is 1.97. The third-order valence-electron chi connectivity index (χ3n) is 4.61. The predicted octanol–water partition coefficient (Wildman–Crippen LogP) is -3.34. The fourth-order valence-corrected chi connectivity index (χ4v) is 2.25. The third kappa shape index (κ3) is 22.0. The van der Waals surface area contributed by atoms with E-state index in [1.54, 1.807) is 12.4 Å². The molecule has 2 heterocycles. The molecule has 0 radical (unpaired) electrons. The smallest absolute Gasteiger partial charge is 0.320 e. The number of nitrogens with two attached hydrogens (primary N) is 5. The summed E-state index contributed by atoms with van der Waals surface area (Å²) in [4.78, 5) is 73.6. The molecule has 42 heavy (non-hydrogen) atoms. The summed E-state index contributed by atoms with van der Waals surface area (Å²) in [6.07, 6.45) is 6.66. The molecule has 20 heteroatoms. The maximum Gasteiger partial charge on any atom is 0.320 e. The minimum absolute atomic E-state index is 0.0213. The lowest BCUT2D eigenvalue weighted by Gasteiger charge is -2.01. The van der Waals surface area contributed by atoms with Gasteiger partial charge in [-0.15, -0.1) is 0 Å². The maximum atomic E-state index is 10.3. The van der Waals surface area contributed by atoms with E-state index in [-0.39, 0.29) is 38.5 Å². The van der Waals surface area contributed by atoms with Gasteiger partial charge in [-0.25, -0.2) is 9.97 Å². The van der Waals surface area contributed by atoms with Crippen LogP contribution in [0, 0.1) is 0 Å². The quantitative estimate of drug-likeness (QED) is 0.100. The molecule has 20 nitrogen and oxygen atoms in total. The van der Waals surface area contributed by atoms with Gasteiger partial charge in [0, 0.05) is 38.1 Å². The Morgan fingerprint density at radius 1 is 0.619 bits per heavy atom. The number of carboxylic acids is 5. The Kier molecular flexibility index (Phi) is 20.4. The summed E-state index contributed by atoms with van der Waals surface area (Å²) in [5.74, 6) is -5.85. The van der Waals surface area contributed by atoms with Crippen molar-refractivity contribution in [1.82, 2.24) is 19.9 Å². The molecule has 0 saturated heterocycles. The highest BCUT2D eigenvalue weighted by molar-refractivity contribution is 5.77. The van der Waals surface area contributed by atoms with Crippen molar-refractivity contribution in [2.45, 2.75) is 62.7 Å². The van der Waals surface area contributed by atoms with Crippen molar-refractivity contribution in [1.29, 1.82) is 0 Å². The summed E-state index contributed by atoms with van der Waals surface area (Å²) < 4.78 is 0. The molecule has 0 saturated carbocycles. The molecule has 1 amide bonds. The zero-order chi connectivity index (χ0) is 32.8. The number of carboxylic acid groups (broad SMARTS) is 5. The number of hydrogen-bond donors (Lipinski definition) is 12. The van der Waals surface area contributed by atoms with Crippen LogP contribution >= 0.6 is 0 Å². The van der Waals surface area contributed by atoms with Crippen LogP contribution in [0.2, 0.25) is 0 Å². The van der Waals surface area contributed by atoms with Gasteiger partial charge in [0.15, 0.2) is 0 Å². The zero-order valence-corrected chi connectivity index (χ0v) is 22.3. The molecule has 0 aliphatic rings. The van der Waals surface area contributed by atoms with Crippen LogP contribution in [0.1, 0.15) is 37.1 Å². The van der Waals surface area contributed by atoms with Crippen LogP contribution in [0.3, 0.4) is 0 Å².